The van der Waals surface area contributed by atoms with Crippen LogP contribution in [-0.2, 0) is 6.42 Å². The summed E-state index contributed by atoms with van der Waals surface area (Å²) in [5.74, 6) is -0.181. The Hall–Kier alpha value is -1.19. The Morgan fingerprint density at radius 1 is 1.31 bits per heavy atom. The number of hydrogen-bond acceptors (Lipinski definition) is 2. The topological polar surface area (TPSA) is 52.0 Å². The standard InChI is InChI=1S/C13H17FN2/c14-12-4-3-10-2-1-9(5-11(10)7-12)6-13(16)8-15/h3-5,7,13H,1-2,6,8,15-16H2/t13-/m1/s1. The van der Waals surface area contributed by atoms with E-state index in [4.69, 9.17) is 11.5 Å². The summed E-state index contributed by atoms with van der Waals surface area (Å²) in [6.45, 7) is 0.493. The van der Waals surface area contributed by atoms with E-state index in [0.717, 1.165) is 24.8 Å². The normalized spacial score (nSPS) is 16.6. The minimum atomic E-state index is -0.181. The van der Waals surface area contributed by atoms with Crippen molar-refractivity contribution in [2.24, 2.45) is 11.5 Å². The summed E-state index contributed by atoms with van der Waals surface area (Å²) in [5, 5.41) is 0. The Bertz CT molecular complexity index is 412. The smallest absolute Gasteiger partial charge is 0.123 e. The maximum absolute atomic E-state index is 13.1. The van der Waals surface area contributed by atoms with Gasteiger partial charge in [0.1, 0.15) is 5.82 Å². The van der Waals surface area contributed by atoms with Crippen molar-refractivity contribution in [3.8, 4) is 0 Å². The van der Waals surface area contributed by atoms with Gasteiger partial charge in [0.15, 0.2) is 0 Å². The summed E-state index contributed by atoms with van der Waals surface area (Å²) in [7, 11) is 0. The minimum Gasteiger partial charge on any atom is -0.329 e. The van der Waals surface area contributed by atoms with E-state index in [9.17, 15) is 4.39 Å². The van der Waals surface area contributed by atoms with Gasteiger partial charge in [-0.1, -0.05) is 17.7 Å². The van der Waals surface area contributed by atoms with Crippen molar-refractivity contribution >= 4 is 6.08 Å². The molecular weight excluding hydrogens is 203 g/mol. The molecule has 4 N–H and O–H groups in total. The van der Waals surface area contributed by atoms with E-state index in [-0.39, 0.29) is 11.9 Å². The molecule has 0 unspecified atom stereocenters. The Morgan fingerprint density at radius 3 is 2.88 bits per heavy atom. The van der Waals surface area contributed by atoms with Gasteiger partial charge in [-0.25, -0.2) is 4.39 Å². The van der Waals surface area contributed by atoms with Crippen LogP contribution in [0.1, 0.15) is 24.0 Å². The highest BCUT2D eigenvalue weighted by atomic mass is 19.1. The van der Waals surface area contributed by atoms with Crippen LogP contribution >= 0.6 is 0 Å². The molecule has 0 radical (unpaired) electrons. The van der Waals surface area contributed by atoms with Crippen LogP contribution in [0.2, 0.25) is 0 Å². The van der Waals surface area contributed by atoms with Crippen molar-refractivity contribution in [3.05, 3.63) is 40.7 Å². The molecule has 1 aromatic carbocycles. The molecule has 1 aromatic rings. The van der Waals surface area contributed by atoms with Gasteiger partial charge in [0.05, 0.1) is 0 Å². The number of benzene rings is 1. The second-order valence-electron chi connectivity index (χ2n) is 4.35. The molecule has 0 fully saturated rings. The first kappa shape index (κ1) is 11.3. The molecule has 1 aliphatic rings. The number of rotatable bonds is 3. The van der Waals surface area contributed by atoms with Crippen molar-refractivity contribution < 1.29 is 4.39 Å². The SMILES string of the molecule is NC[C@H](N)CC1=Cc2cc(F)ccc2CC1. The fourth-order valence-corrected chi connectivity index (χ4v) is 2.10. The maximum atomic E-state index is 13.1. The number of hydrogen-bond donors (Lipinski definition) is 2. The van der Waals surface area contributed by atoms with Crippen molar-refractivity contribution in [2.45, 2.75) is 25.3 Å². The van der Waals surface area contributed by atoms with Gasteiger partial charge in [-0.05, 0) is 42.5 Å². The van der Waals surface area contributed by atoms with Gasteiger partial charge >= 0.3 is 0 Å². The Morgan fingerprint density at radius 2 is 2.12 bits per heavy atom. The molecule has 0 saturated heterocycles. The van der Waals surface area contributed by atoms with Gasteiger partial charge in [-0.3, -0.25) is 0 Å². The third-order valence-corrected chi connectivity index (χ3v) is 3.01. The third-order valence-electron chi connectivity index (χ3n) is 3.01. The molecule has 0 heterocycles. The first-order valence-corrected chi connectivity index (χ1v) is 5.62. The van der Waals surface area contributed by atoms with Crippen LogP contribution in [0.3, 0.4) is 0 Å². The molecule has 0 saturated carbocycles. The lowest BCUT2D eigenvalue weighted by molar-refractivity contribution is 0.625. The second kappa shape index (κ2) is 4.76. The zero-order chi connectivity index (χ0) is 11.5. The van der Waals surface area contributed by atoms with Crippen LogP contribution < -0.4 is 11.5 Å². The summed E-state index contributed by atoms with van der Waals surface area (Å²) >= 11 is 0. The Labute approximate surface area is 95.1 Å². The third kappa shape index (κ3) is 2.49. The van der Waals surface area contributed by atoms with Crippen molar-refractivity contribution in [1.29, 1.82) is 0 Å². The number of halogens is 1. The molecule has 0 aliphatic heterocycles. The van der Waals surface area contributed by atoms with Gasteiger partial charge in [0.25, 0.3) is 0 Å². The van der Waals surface area contributed by atoms with E-state index in [1.54, 1.807) is 6.07 Å². The molecule has 1 aliphatic carbocycles. The quantitative estimate of drug-likeness (QED) is 0.816. The summed E-state index contributed by atoms with van der Waals surface area (Å²) < 4.78 is 13.1. The second-order valence-corrected chi connectivity index (χ2v) is 4.35. The molecule has 0 amide bonds. The fourth-order valence-electron chi connectivity index (χ4n) is 2.10. The first-order valence-electron chi connectivity index (χ1n) is 5.62. The minimum absolute atomic E-state index is 0.0151. The Kier molecular flexibility index (Phi) is 3.36. The van der Waals surface area contributed by atoms with Crippen LogP contribution in [0.15, 0.2) is 23.8 Å². The van der Waals surface area contributed by atoms with E-state index in [2.05, 4.69) is 6.08 Å². The molecule has 1 atom stereocenters. The molecule has 0 bridgehead atoms. The predicted octanol–water partition coefficient (Wildman–Crippen LogP) is 1.83. The van der Waals surface area contributed by atoms with Crippen molar-refractivity contribution in [3.63, 3.8) is 0 Å². The lowest BCUT2D eigenvalue weighted by atomic mass is 9.89. The number of aryl methyl sites for hydroxylation is 1. The van der Waals surface area contributed by atoms with E-state index in [1.807, 2.05) is 6.07 Å². The van der Waals surface area contributed by atoms with E-state index >= 15 is 0 Å². The number of fused-ring (bicyclic) bond motifs is 1. The van der Waals surface area contributed by atoms with Crippen LogP contribution in [0.25, 0.3) is 6.08 Å². The molecule has 0 aromatic heterocycles. The first-order chi connectivity index (χ1) is 7.69. The molecule has 16 heavy (non-hydrogen) atoms. The summed E-state index contributed by atoms with van der Waals surface area (Å²) in [4.78, 5) is 0. The lowest BCUT2D eigenvalue weighted by Gasteiger charge is -2.18. The average molecular weight is 220 g/mol. The van der Waals surface area contributed by atoms with Gasteiger partial charge in [0.2, 0.25) is 0 Å². The number of nitrogens with two attached hydrogens (primary N) is 2. The highest BCUT2D eigenvalue weighted by molar-refractivity contribution is 5.59. The van der Waals surface area contributed by atoms with Gasteiger partial charge in [-0.2, -0.15) is 0 Å². The largest absolute Gasteiger partial charge is 0.329 e. The highest BCUT2D eigenvalue weighted by Gasteiger charge is 2.12. The summed E-state index contributed by atoms with van der Waals surface area (Å²) in [6, 6.07) is 4.98. The van der Waals surface area contributed by atoms with E-state index < -0.39 is 0 Å². The predicted molar refractivity (Wildman–Crippen MR) is 64.3 cm³/mol. The van der Waals surface area contributed by atoms with Crippen LogP contribution in [0.5, 0.6) is 0 Å². The van der Waals surface area contributed by atoms with Crippen LogP contribution in [0, 0.1) is 5.82 Å². The van der Waals surface area contributed by atoms with Crippen LogP contribution in [0.4, 0.5) is 4.39 Å². The zero-order valence-electron chi connectivity index (χ0n) is 9.25. The van der Waals surface area contributed by atoms with E-state index in [1.165, 1.54) is 17.2 Å². The van der Waals surface area contributed by atoms with Crippen LogP contribution in [-0.4, -0.2) is 12.6 Å². The van der Waals surface area contributed by atoms with Crippen molar-refractivity contribution in [1.82, 2.24) is 0 Å². The van der Waals surface area contributed by atoms with Gasteiger partial charge in [0, 0.05) is 12.6 Å². The van der Waals surface area contributed by atoms with Crippen molar-refractivity contribution in [2.75, 3.05) is 6.54 Å². The van der Waals surface area contributed by atoms with Gasteiger partial charge in [-0.15, -0.1) is 0 Å². The summed E-state index contributed by atoms with van der Waals surface area (Å²) in [6.07, 6.45) is 4.84. The zero-order valence-corrected chi connectivity index (χ0v) is 9.25. The fraction of sp³-hybridized carbons (Fsp3) is 0.385. The molecule has 2 nitrogen and oxygen atoms in total. The Balaban J connectivity index is 2.20. The molecular formula is C13H17FN2. The lowest BCUT2D eigenvalue weighted by Crippen LogP contribution is -2.30. The molecule has 86 valence electrons. The van der Waals surface area contributed by atoms with Gasteiger partial charge < -0.3 is 11.5 Å². The molecule has 3 heteroatoms. The average Bonchev–Trinajstić information content (AvgIpc) is 2.28. The highest BCUT2D eigenvalue weighted by Crippen LogP contribution is 2.26. The van der Waals surface area contributed by atoms with E-state index in [0.29, 0.717) is 6.54 Å². The molecule has 0 spiro atoms. The monoisotopic (exact) mass is 220 g/mol. The maximum Gasteiger partial charge on any atom is 0.123 e. The molecule has 2 rings (SSSR count). The summed E-state index contributed by atoms with van der Waals surface area (Å²) in [5.41, 5.74) is 14.8.